The smallest absolute Gasteiger partial charge is 0.251 e. The molecule has 0 unspecified atom stereocenters. The zero-order valence-corrected chi connectivity index (χ0v) is 11.5. The maximum atomic E-state index is 11.9. The van der Waals surface area contributed by atoms with E-state index in [0.717, 1.165) is 10.2 Å². The van der Waals surface area contributed by atoms with Crippen LogP contribution < -0.4 is 11.1 Å². The van der Waals surface area contributed by atoms with E-state index in [0.29, 0.717) is 10.7 Å². The number of nitrogen functional groups attached to an aromatic ring is 1. The van der Waals surface area contributed by atoms with Crippen LogP contribution in [0.2, 0.25) is 0 Å². The minimum Gasteiger partial charge on any atom is -0.375 e. The molecular formula is C12H14N4O2S. The van der Waals surface area contributed by atoms with E-state index in [9.17, 15) is 9.59 Å². The molecule has 0 radical (unpaired) electrons. The first-order valence-corrected chi connectivity index (χ1v) is 6.43. The lowest BCUT2D eigenvalue weighted by Gasteiger charge is -2.10. The van der Waals surface area contributed by atoms with Gasteiger partial charge < -0.3 is 16.0 Å². The van der Waals surface area contributed by atoms with Gasteiger partial charge in [-0.25, -0.2) is 4.98 Å². The van der Waals surface area contributed by atoms with Crippen molar-refractivity contribution in [3.63, 3.8) is 0 Å². The molecule has 0 aliphatic carbocycles. The average Bonchev–Trinajstić information content (AvgIpc) is 2.74. The van der Waals surface area contributed by atoms with Crippen molar-refractivity contribution < 1.29 is 9.59 Å². The number of nitrogens with two attached hydrogens (primary N) is 1. The Labute approximate surface area is 114 Å². The highest BCUT2D eigenvalue weighted by Gasteiger charge is 2.11. The highest BCUT2D eigenvalue weighted by atomic mass is 32.1. The number of rotatable bonds is 3. The molecule has 0 fully saturated rings. The average molecular weight is 278 g/mol. The van der Waals surface area contributed by atoms with Crippen molar-refractivity contribution in [3.05, 3.63) is 23.8 Å². The van der Waals surface area contributed by atoms with Gasteiger partial charge in [0.2, 0.25) is 5.91 Å². The maximum absolute atomic E-state index is 11.9. The summed E-state index contributed by atoms with van der Waals surface area (Å²) in [6.07, 6.45) is 0. The third kappa shape index (κ3) is 3.00. The predicted molar refractivity (Wildman–Crippen MR) is 75.1 cm³/mol. The van der Waals surface area contributed by atoms with E-state index in [1.165, 1.54) is 16.2 Å². The summed E-state index contributed by atoms with van der Waals surface area (Å²) in [4.78, 5) is 28.8. The number of benzene rings is 1. The molecular weight excluding hydrogens is 264 g/mol. The summed E-state index contributed by atoms with van der Waals surface area (Å²) in [5.41, 5.74) is 6.86. The number of hydrogen-bond donors (Lipinski definition) is 2. The third-order valence-corrected chi connectivity index (χ3v) is 3.41. The van der Waals surface area contributed by atoms with Gasteiger partial charge in [-0.2, -0.15) is 0 Å². The summed E-state index contributed by atoms with van der Waals surface area (Å²) >= 11 is 1.32. The Balaban J connectivity index is 2.10. The van der Waals surface area contributed by atoms with E-state index in [1.807, 2.05) is 0 Å². The fourth-order valence-electron chi connectivity index (χ4n) is 1.50. The molecule has 0 aliphatic rings. The van der Waals surface area contributed by atoms with Crippen LogP contribution in [-0.4, -0.2) is 42.3 Å². The maximum Gasteiger partial charge on any atom is 0.251 e. The summed E-state index contributed by atoms with van der Waals surface area (Å²) < 4.78 is 0.851. The molecule has 1 heterocycles. The van der Waals surface area contributed by atoms with Gasteiger partial charge >= 0.3 is 0 Å². The second-order valence-corrected chi connectivity index (χ2v) is 5.27. The van der Waals surface area contributed by atoms with Gasteiger partial charge in [0.1, 0.15) is 0 Å². The van der Waals surface area contributed by atoms with Crippen LogP contribution in [0.25, 0.3) is 10.2 Å². The lowest BCUT2D eigenvalue weighted by molar-refractivity contribution is -0.127. The van der Waals surface area contributed by atoms with Crippen molar-refractivity contribution in [1.29, 1.82) is 0 Å². The Bertz CT molecular complexity index is 636. The molecule has 19 heavy (non-hydrogen) atoms. The number of anilines is 1. The quantitative estimate of drug-likeness (QED) is 0.865. The largest absolute Gasteiger partial charge is 0.375 e. The summed E-state index contributed by atoms with van der Waals surface area (Å²) in [5, 5.41) is 3.04. The number of aromatic nitrogens is 1. The Morgan fingerprint density at radius 3 is 2.84 bits per heavy atom. The van der Waals surface area contributed by atoms with Crippen LogP contribution in [0.4, 0.5) is 5.13 Å². The van der Waals surface area contributed by atoms with Crippen molar-refractivity contribution in [2.75, 3.05) is 26.4 Å². The van der Waals surface area contributed by atoms with E-state index < -0.39 is 0 Å². The molecule has 2 aromatic rings. The minimum absolute atomic E-state index is 0.0191. The highest BCUT2D eigenvalue weighted by Crippen LogP contribution is 2.24. The van der Waals surface area contributed by atoms with Crippen LogP contribution >= 0.6 is 11.3 Å². The van der Waals surface area contributed by atoms with E-state index in [2.05, 4.69) is 10.3 Å². The van der Waals surface area contributed by atoms with Gasteiger partial charge in [0.15, 0.2) is 5.13 Å². The van der Waals surface area contributed by atoms with Crippen LogP contribution in [0.15, 0.2) is 18.2 Å². The van der Waals surface area contributed by atoms with E-state index in [-0.39, 0.29) is 18.4 Å². The molecule has 0 aliphatic heterocycles. The summed E-state index contributed by atoms with van der Waals surface area (Å²) in [7, 11) is 3.28. The van der Waals surface area contributed by atoms with Crippen molar-refractivity contribution in [1.82, 2.24) is 15.2 Å². The first kappa shape index (κ1) is 13.3. The topological polar surface area (TPSA) is 88.3 Å². The lowest BCUT2D eigenvalue weighted by atomic mass is 10.2. The number of amides is 2. The standard InChI is InChI=1S/C12H14N4O2S/c1-16(2)10(17)6-14-11(18)7-3-4-8-9(5-7)19-12(13)15-8/h3-5H,6H2,1-2H3,(H2,13,15)(H,14,18). The zero-order chi connectivity index (χ0) is 14.0. The Hall–Kier alpha value is -2.15. The summed E-state index contributed by atoms with van der Waals surface area (Å²) in [6, 6.07) is 5.13. The Kier molecular flexibility index (Phi) is 3.66. The molecule has 1 aromatic carbocycles. The molecule has 0 bridgehead atoms. The number of fused-ring (bicyclic) bond motifs is 1. The first-order valence-electron chi connectivity index (χ1n) is 5.62. The fraction of sp³-hybridized carbons (Fsp3) is 0.250. The minimum atomic E-state index is -0.288. The third-order valence-electron chi connectivity index (χ3n) is 2.57. The molecule has 100 valence electrons. The molecule has 0 saturated carbocycles. The number of thiazole rings is 1. The van der Waals surface area contributed by atoms with Crippen LogP contribution in [-0.2, 0) is 4.79 Å². The number of hydrogen-bond acceptors (Lipinski definition) is 5. The van der Waals surface area contributed by atoms with E-state index >= 15 is 0 Å². The van der Waals surface area contributed by atoms with Gasteiger partial charge in [-0.05, 0) is 18.2 Å². The molecule has 0 spiro atoms. The number of carbonyl (C=O) groups is 2. The Morgan fingerprint density at radius 1 is 1.42 bits per heavy atom. The van der Waals surface area contributed by atoms with Crippen LogP contribution in [0, 0.1) is 0 Å². The second kappa shape index (κ2) is 5.23. The van der Waals surface area contributed by atoms with Crippen molar-refractivity contribution in [2.45, 2.75) is 0 Å². The fourth-order valence-corrected chi connectivity index (χ4v) is 2.27. The van der Waals surface area contributed by atoms with Gasteiger partial charge in [0.25, 0.3) is 5.91 Å². The summed E-state index contributed by atoms with van der Waals surface area (Å²) in [5.74, 6) is -0.444. The molecule has 2 amide bonds. The summed E-state index contributed by atoms with van der Waals surface area (Å²) in [6.45, 7) is -0.0191. The molecule has 1 aromatic heterocycles. The molecule has 0 atom stereocenters. The van der Waals surface area contributed by atoms with Gasteiger partial charge in [-0.15, -0.1) is 0 Å². The van der Waals surface area contributed by atoms with Crippen LogP contribution in [0.1, 0.15) is 10.4 Å². The van der Waals surface area contributed by atoms with E-state index in [4.69, 9.17) is 5.73 Å². The molecule has 2 rings (SSSR count). The van der Waals surface area contributed by atoms with Crippen molar-refractivity contribution >= 4 is 38.5 Å². The normalized spacial score (nSPS) is 10.4. The first-order chi connectivity index (χ1) is 8.97. The lowest BCUT2D eigenvalue weighted by Crippen LogP contribution is -2.36. The van der Waals surface area contributed by atoms with E-state index in [1.54, 1.807) is 32.3 Å². The number of likely N-dealkylation sites (N-methyl/N-ethyl adjacent to an activating group) is 1. The van der Waals surface area contributed by atoms with Crippen molar-refractivity contribution in [3.8, 4) is 0 Å². The van der Waals surface area contributed by atoms with Gasteiger partial charge in [-0.3, -0.25) is 9.59 Å². The predicted octanol–water partition coefficient (Wildman–Crippen LogP) is 0.696. The SMILES string of the molecule is CN(C)C(=O)CNC(=O)c1ccc2nc(N)sc2c1. The van der Waals surface area contributed by atoms with Crippen LogP contribution in [0.5, 0.6) is 0 Å². The molecule has 0 saturated heterocycles. The number of nitrogens with zero attached hydrogens (tertiary/aromatic N) is 2. The second-order valence-electron chi connectivity index (χ2n) is 4.21. The Morgan fingerprint density at radius 2 is 2.16 bits per heavy atom. The van der Waals surface area contributed by atoms with Gasteiger partial charge in [0.05, 0.1) is 16.8 Å². The van der Waals surface area contributed by atoms with Gasteiger partial charge in [0, 0.05) is 19.7 Å². The van der Waals surface area contributed by atoms with Gasteiger partial charge in [-0.1, -0.05) is 11.3 Å². The molecule has 7 heteroatoms. The van der Waals surface area contributed by atoms with Crippen LogP contribution in [0.3, 0.4) is 0 Å². The molecule has 3 N–H and O–H groups in total. The number of carbonyl (C=O) groups excluding carboxylic acids is 2. The molecule has 6 nitrogen and oxygen atoms in total. The monoisotopic (exact) mass is 278 g/mol. The van der Waals surface area contributed by atoms with Crippen molar-refractivity contribution in [2.24, 2.45) is 0 Å². The zero-order valence-electron chi connectivity index (χ0n) is 10.6. The highest BCUT2D eigenvalue weighted by molar-refractivity contribution is 7.22. The number of nitrogens with one attached hydrogen (secondary N) is 1.